The van der Waals surface area contributed by atoms with Gasteiger partial charge in [-0.1, -0.05) is 36.0 Å². The Morgan fingerprint density at radius 1 is 0.864 bits per heavy atom. The Bertz CT molecular complexity index is 834. The van der Waals surface area contributed by atoms with E-state index in [0.717, 1.165) is 11.8 Å². The molecular formula is C15H10F3N3S. The van der Waals surface area contributed by atoms with Gasteiger partial charge in [-0.25, -0.2) is 9.97 Å². The summed E-state index contributed by atoms with van der Waals surface area (Å²) < 4.78 is 39.7. The van der Waals surface area contributed by atoms with E-state index in [1.165, 1.54) is 6.07 Å². The van der Waals surface area contributed by atoms with Gasteiger partial charge in [-0.3, -0.25) is 0 Å². The van der Waals surface area contributed by atoms with Crippen LogP contribution in [0.15, 0.2) is 58.5 Å². The molecule has 0 amide bonds. The highest BCUT2D eigenvalue weighted by Gasteiger charge is 2.37. The van der Waals surface area contributed by atoms with Gasteiger partial charge in [-0.05, 0) is 24.3 Å². The Kier molecular flexibility index (Phi) is 3.66. The topological polar surface area (TPSA) is 51.8 Å². The maximum Gasteiger partial charge on any atom is 0.436 e. The Balaban J connectivity index is 2.16. The zero-order valence-corrected chi connectivity index (χ0v) is 11.9. The summed E-state index contributed by atoms with van der Waals surface area (Å²) in [6.07, 6.45) is -4.58. The highest BCUT2D eigenvalue weighted by Crippen LogP contribution is 2.39. The second-order valence-electron chi connectivity index (χ2n) is 4.50. The number of fused-ring (bicyclic) bond motifs is 1. The maximum absolute atomic E-state index is 13.2. The van der Waals surface area contributed by atoms with Crippen LogP contribution in [0.3, 0.4) is 0 Å². The SMILES string of the molecule is Nc1ccccc1Sc1nc2ccccc2nc1C(F)(F)F. The van der Waals surface area contributed by atoms with Gasteiger partial charge in [0.25, 0.3) is 0 Å². The first-order valence-corrected chi connectivity index (χ1v) is 7.13. The number of nitrogen functional groups attached to an aromatic ring is 1. The standard InChI is InChI=1S/C15H10F3N3S/c16-15(17,18)13-14(22-12-8-4-1-5-9(12)19)21-11-7-3-2-6-10(11)20-13/h1-8H,19H2. The number of alkyl halides is 3. The molecule has 0 aliphatic carbocycles. The molecular weight excluding hydrogens is 311 g/mol. The summed E-state index contributed by atoms with van der Waals surface area (Å²) in [5.74, 6) is 0. The summed E-state index contributed by atoms with van der Waals surface area (Å²) in [5, 5.41) is -0.205. The van der Waals surface area contributed by atoms with Crippen LogP contribution in [-0.4, -0.2) is 9.97 Å². The molecule has 0 radical (unpaired) electrons. The molecule has 0 bridgehead atoms. The maximum atomic E-state index is 13.2. The summed E-state index contributed by atoms with van der Waals surface area (Å²) in [4.78, 5) is 8.34. The molecule has 0 saturated carbocycles. The van der Waals surface area contributed by atoms with Crippen molar-refractivity contribution in [1.82, 2.24) is 9.97 Å². The van der Waals surface area contributed by atoms with Gasteiger partial charge in [0.1, 0.15) is 5.03 Å². The number of para-hydroxylation sites is 3. The third-order valence-electron chi connectivity index (χ3n) is 2.93. The van der Waals surface area contributed by atoms with Crippen molar-refractivity contribution in [1.29, 1.82) is 0 Å². The molecule has 0 saturated heterocycles. The van der Waals surface area contributed by atoms with E-state index < -0.39 is 11.9 Å². The molecule has 7 heteroatoms. The third-order valence-corrected chi connectivity index (χ3v) is 4.00. The van der Waals surface area contributed by atoms with Gasteiger partial charge in [0, 0.05) is 10.6 Å². The molecule has 22 heavy (non-hydrogen) atoms. The molecule has 3 nitrogen and oxygen atoms in total. The number of halogens is 3. The summed E-state index contributed by atoms with van der Waals surface area (Å²) in [6, 6.07) is 13.2. The number of nitrogens with two attached hydrogens (primary N) is 1. The highest BCUT2D eigenvalue weighted by molar-refractivity contribution is 7.99. The molecule has 3 aromatic rings. The van der Waals surface area contributed by atoms with Crippen LogP contribution in [0, 0.1) is 0 Å². The summed E-state index contributed by atoms with van der Waals surface area (Å²) in [6.45, 7) is 0. The van der Waals surface area contributed by atoms with E-state index in [2.05, 4.69) is 9.97 Å². The van der Waals surface area contributed by atoms with Crippen LogP contribution in [0.2, 0.25) is 0 Å². The van der Waals surface area contributed by atoms with Gasteiger partial charge in [0.2, 0.25) is 0 Å². The van der Waals surface area contributed by atoms with E-state index in [1.807, 2.05) is 0 Å². The number of hydrogen-bond donors (Lipinski definition) is 1. The van der Waals surface area contributed by atoms with E-state index in [9.17, 15) is 13.2 Å². The minimum absolute atomic E-state index is 0.205. The number of aromatic nitrogens is 2. The molecule has 112 valence electrons. The monoisotopic (exact) mass is 321 g/mol. The second kappa shape index (κ2) is 5.49. The predicted octanol–water partition coefficient (Wildman–Crippen LogP) is 4.38. The first-order valence-electron chi connectivity index (χ1n) is 6.31. The molecule has 0 aliphatic heterocycles. The first-order chi connectivity index (χ1) is 10.4. The van der Waals surface area contributed by atoms with Crippen LogP contribution in [0.4, 0.5) is 18.9 Å². The molecule has 2 N–H and O–H groups in total. The third kappa shape index (κ3) is 2.85. The van der Waals surface area contributed by atoms with Gasteiger partial charge < -0.3 is 5.73 Å². The Labute approximate surface area is 128 Å². The zero-order valence-electron chi connectivity index (χ0n) is 11.1. The average molecular weight is 321 g/mol. The van der Waals surface area contributed by atoms with Crippen molar-refractivity contribution in [3.8, 4) is 0 Å². The molecule has 0 unspecified atom stereocenters. The van der Waals surface area contributed by atoms with Gasteiger partial charge in [-0.2, -0.15) is 13.2 Å². The molecule has 0 fully saturated rings. The molecule has 1 aromatic heterocycles. The van der Waals surface area contributed by atoms with Crippen LogP contribution in [-0.2, 0) is 6.18 Å². The zero-order chi connectivity index (χ0) is 15.7. The van der Waals surface area contributed by atoms with Crippen molar-refractivity contribution in [3.05, 3.63) is 54.2 Å². The Morgan fingerprint density at radius 2 is 1.45 bits per heavy atom. The number of anilines is 1. The molecule has 1 heterocycles. The Hall–Kier alpha value is -2.28. The van der Waals surface area contributed by atoms with Crippen molar-refractivity contribution in [2.24, 2.45) is 0 Å². The molecule has 0 aliphatic rings. The summed E-state index contributed by atoms with van der Waals surface area (Å²) in [7, 11) is 0. The predicted molar refractivity (Wildman–Crippen MR) is 79.5 cm³/mol. The summed E-state index contributed by atoms with van der Waals surface area (Å²) in [5.41, 5.74) is 5.81. The number of benzene rings is 2. The largest absolute Gasteiger partial charge is 0.436 e. The van der Waals surface area contributed by atoms with E-state index >= 15 is 0 Å². The van der Waals surface area contributed by atoms with Crippen LogP contribution in [0.25, 0.3) is 11.0 Å². The van der Waals surface area contributed by atoms with Crippen molar-refractivity contribution in [2.75, 3.05) is 5.73 Å². The van der Waals surface area contributed by atoms with E-state index in [1.54, 1.807) is 42.5 Å². The van der Waals surface area contributed by atoms with Crippen molar-refractivity contribution >= 4 is 28.5 Å². The smallest absolute Gasteiger partial charge is 0.398 e. The average Bonchev–Trinajstić information content (AvgIpc) is 2.48. The molecule has 2 aromatic carbocycles. The minimum Gasteiger partial charge on any atom is -0.398 e. The first kappa shape index (κ1) is 14.6. The van der Waals surface area contributed by atoms with E-state index in [-0.39, 0.29) is 10.5 Å². The van der Waals surface area contributed by atoms with E-state index in [4.69, 9.17) is 5.73 Å². The lowest BCUT2D eigenvalue weighted by Gasteiger charge is -2.12. The fourth-order valence-electron chi connectivity index (χ4n) is 1.92. The number of hydrogen-bond acceptors (Lipinski definition) is 4. The fraction of sp³-hybridized carbons (Fsp3) is 0.0667. The van der Waals surface area contributed by atoms with E-state index in [0.29, 0.717) is 16.1 Å². The Morgan fingerprint density at radius 3 is 2.09 bits per heavy atom. The lowest BCUT2D eigenvalue weighted by molar-refractivity contribution is -0.143. The summed E-state index contributed by atoms with van der Waals surface area (Å²) >= 11 is 0.864. The van der Waals surface area contributed by atoms with Gasteiger partial charge in [0.05, 0.1) is 11.0 Å². The minimum atomic E-state index is -4.58. The van der Waals surface area contributed by atoms with Crippen LogP contribution in [0.1, 0.15) is 5.69 Å². The van der Waals surface area contributed by atoms with Crippen LogP contribution in [0.5, 0.6) is 0 Å². The van der Waals surface area contributed by atoms with Gasteiger partial charge in [-0.15, -0.1) is 0 Å². The second-order valence-corrected chi connectivity index (χ2v) is 5.53. The molecule has 0 spiro atoms. The van der Waals surface area contributed by atoms with Crippen LogP contribution < -0.4 is 5.73 Å². The number of nitrogens with zero attached hydrogens (tertiary/aromatic N) is 2. The lowest BCUT2D eigenvalue weighted by atomic mass is 10.3. The van der Waals surface area contributed by atoms with Crippen molar-refractivity contribution in [3.63, 3.8) is 0 Å². The quantitative estimate of drug-likeness (QED) is 0.712. The van der Waals surface area contributed by atoms with Gasteiger partial charge >= 0.3 is 6.18 Å². The number of rotatable bonds is 2. The van der Waals surface area contributed by atoms with Crippen LogP contribution >= 0.6 is 11.8 Å². The molecule has 3 rings (SSSR count). The highest BCUT2D eigenvalue weighted by atomic mass is 32.2. The van der Waals surface area contributed by atoms with Crippen molar-refractivity contribution in [2.45, 2.75) is 16.1 Å². The molecule has 0 atom stereocenters. The lowest BCUT2D eigenvalue weighted by Crippen LogP contribution is -2.11. The van der Waals surface area contributed by atoms with Gasteiger partial charge in [0.15, 0.2) is 5.69 Å². The normalized spacial score (nSPS) is 11.8. The fourth-order valence-corrected chi connectivity index (χ4v) is 2.86. The van der Waals surface area contributed by atoms with Crippen molar-refractivity contribution < 1.29 is 13.2 Å².